The highest BCUT2D eigenvalue weighted by Crippen LogP contribution is 2.37. The van der Waals surface area contributed by atoms with Crippen LogP contribution in [-0.2, 0) is 4.79 Å². The number of ether oxygens (including phenoxy) is 1. The minimum Gasteiger partial charge on any atom is -0.492 e. The number of para-hydroxylation sites is 1. The van der Waals surface area contributed by atoms with Crippen molar-refractivity contribution >= 4 is 51.9 Å². The van der Waals surface area contributed by atoms with E-state index in [1.54, 1.807) is 9.58 Å². The predicted molar refractivity (Wildman–Crippen MR) is 140 cm³/mol. The SMILES string of the molecule is CCCOc1ccc(-c2nn(-c3ccccc3)cc2C=C2SC(=S)N(C(C)C)C2=O)cc1Cl. The van der Waals surface area contributed by atoms with Crippen LogP contribution in [0.15, 0.2) is 59.6 Å². The van der Waals surface area contributed by atoms with E-state index in [-0.39, 0.29) is 11.9 Å². The molecule has 2 aromatic carbocycles. The van der Waals surface area contributed by atoms with E-state index in [9.17, 15) is 4.79 Å². The average Bonchev–Trinajstić information content (AvgIpc) is 3.34. The van der Waals surface area contributed by atoms with Crippen LogP contribution < -0.4 is 4.74 Å². The van der Waals surface area contributed by atoms with Crippen LogP contribution in [0.25, 0.3) is 23.0 Å². The molecule has 1 saturated heterocycles. The fraction of sp³-hybridized carbons (Fsp3) is 0.240. The van der Waals surface area contributed by atoms with E-state index >= 15 is 0 Å². The molecule has 3 aromatic rings. The lowest BCUT2D eigenvalue weighted by Crippen LogP contribution is -2.34. The van der Waals surface area contributed by atoms with Crippen LogP contribution in [0.1, 0.15) is 32.8 Å². The summed E-state index contributed by atoms with van der Waals surface area (Å²) in [5.74, 6) is 0.559. The molecule has 5 nitrogen and oxygen atoms in total. The molecule has 0 unspecified atom stereocenters. The number of thiocarbonyl (C=S) groups is 1. The largest absolute Gasteiger partial charge is 0.492 e. The van der Waals surface area contributed by atoms with Crippen molar-refractivity contribution in [2.75, 3.05) is 6.61 Å². The Morgan fingerprint density at radius 2 is 1.97 bits per heavy atom. The average molecular weight is 498 g/mol. The molecule has 1 aliphatic rings. The number of amides is 1. The van der Waals surface area contributed by atoms with Crippen molar-refractivity contribution in [1.29, 1.82) is 0 Å². The topological polar surface area (TPSA) is 47.4 Å². The highest BCUT2D eigenvalue weighted by atomic mass is 35.5. The Balaban J connectivity index is 1.79. The summed E-state index contributed by atoms with van der Waals surface area (Å²) in [7, 11) is 0. The summed E-state index contributed by atoms with van der Waals surface area (Å²) < 4.78 is 8.09. The molecule has 0 bridgehead atoms. The van der Waals surface area contributed by atoms with Crippen molar-refractivity contribution in [2.45, 2.75) is 33.2 Å². The fourth-order valence-corrected chi connectivity index (χ4v) is 5.22. The Hall–Kier alpha value is -2.61. The molecule has 0 N–H and O–H groups in total. The molecule has 8 heteroatoms. The van der Waals surface area contributed by atoms with Crippen molar-refractivity contribution < 1.29 is 9.53 Å². The molecule has 0 atom stereocenters. The minimum atomic E-state index is -0.0836. The molecule has 1 amide bonds. The van der Waals surface area contributed by atoms with E-state index in [4.69, 9.17) is 33.7 Å². The van der Waals surface area contributed by atoms with Crippen LogP contribution in [0, 0.1) is 0 Å². The second-order valence-corrected chi connectivity index (χ2v) is 9.94. The zero-order valence-corrected chi connectivity index (χ0v) is 21.0. The number of carbonyl (C=O) groups excluding carboxylic acids is 1. The zero-order chi connectivity index (χ0) is 23.5. The minimum absolute atomic E-state index is 0.00406. The van der Waals surface area contributed by atoms with Crippen LogP contribution in [0.4, 0.5) is 0 Å². The van der Waals surface area contributed by atoms with Gasteiger partial charge < -0.3 is 4.74 Å². The van der Waals surface area contributed by atoms with Crippen LogP contribution in [0.2, 0.25) is 5.02 Å². The van der Waals surface area contributed by atoms with Crippen LogP contribution >= 0.6 is 35.6 Å². The van der Waals surface area contributed by atoms with Crippen LogP contribution in [-0.4, -0.2) is 37.6 Å². The molecule has 0 spiro atoms. The highest BCUT2D eigenvalue weighted by Gasteiger charge is 2.34. The van der Waals surface area contributed by atoms with Gasteiger partial charge in [0.1, 0.15) is 15.8 Å². The van der Waals surface area contributed by atoms with E-state index in [1.165, 1.54) is 11.8 Å². The molecular weight excluding hydrogens is 474 g/mol. The van der Waals surface area contributed by atoms with Gasteiger partial charge in [0.25, 0.3) is 5.91 Å². The van der Waals surface area contributed by atoms with E-state index in [0.29, 0.717) is 26.6 Å². The van der Waals surface area contributed by atoms with Gasteiger partial charge in [-0.1, -0.05) is 60.7 Å². The first-order valence-electron chi connectivity index (χ1n) is 10.7. The number of hydrogen-bond donors (Lipinski definition) is 0. The van der Waals surface area contributed by atoms with Gasteiger partial charge in [-0.25, -0.2) is 4.68 Å². The molecule has 0 saturated carbocycles. The summed E-state index contributed by atoms with van der Waals surface area (Å²) >= 11 is 13.3. The highest BCUT2D eigenvalue weighted by molar-refractivity contribution is 8.26. The first-order valence-corrected chi connectivity index (χ1v) is 12.3. The zero-order valence-electron chi connectivity index (χ0n) is 18.6. The normalized spacial score (nSPS) is 15.2. The number of benzene rings is 2. The summed E-state index contributed by atoms with van der Waals surface area (Å²) in [6.45, 7) is 6.56. The predicted octanol–water partition coefficient (Wildman–Crippen LogP) is 6.59. The third kappa shape index (κ3) is 5.00. The lowest BCUT2D eigenvalue weighted by atomic mass is 10.1. The van der Waals surface area contributed by atoms with E-state index in [2.05, 4.69) is 0 Å². The Kier molecular flexibility index (Phi) is 7.22. The first kappa shape index (κ1) is 23.5. The van der Waals surface area contributed by atoms with Gasteiger partial charge in [0.05, 0.1) is 22.2 Å². The van der Waals surface area contributed by atoms with Gasteiger partial charge in [-0.05, 0) is 56.7 Å². The van der Waals surface area contributed by atoms with Crippen LogP contribution in [0.3, 0.4) is 0 Å². The molecule has 0 radical (unpaired) electrons. The molecule has 1 fully saturated rings. The first-order chi connectivity index (χ1) is 15.9. The Morgan fingerprint density at radius 1 is 1.21 bits per heavy atom. The van der Waals surface area contributed by atoms with Crippen molar-refractivity contribution in [3.8, 4) is 22.7 Å². The number of halogens is 1. The summed E-state index contributed by atoms with van der Waals surface area (Å²) in [5.41, 5.74) is 3.28. The van der Waals surface area contributed by atoms with Gasteiger partial charge in [-0.2, -0.15) is 5.10 Å². The standard InChI is InChI=1S/C25H24ClN3O2S2/c1-4-12-31-21-11-10-17(13-20(21)26)23-18(15-28(27-23)19-8-6-5-7-9-19)14-22-24(30)29(16(2)3)25(32)33-22/h5-11,13-16H,4,12H2,1-3H3. The molecular formula is C25H24ClN3O2S2. The van der Waals surface area contributed by atoms with Gasteiger partial charge in [0.15, 0.2) is 0 Å². The molecule has 1 aromatic heterocycles. The number of rotatable bonds is 7. The summed E-state index contributed by atoms with van der Waals surface area (Å²) in [4.78, 5) is 15.2. The molecule has 0 aliphatic carbocycles. The van der Waals surface area contributed by atoms with Gasteiger partial charge in [-0.3, -0.25) is 9.69 Å². The van der Waals surface area contributed by atoms with E-state index < -0.39 is 0 Å². The maximum absolute atomic E-state index is 13.0. The molecule has 2 heterocycles. The number of aromatic nitrogens is 2. The molecule has 4 rings (SSSR count). The maximum atomic E-state index is 13.0. The number of nitrogens with zero attached hydrogens (tertiary/aromatic N) is 3. The number of hydrogen-bond acceptors (Lipinski definition) is 5. The van der Waals surface area contributed by atoms with Gasteiger partial charge in [-0.15, -0.1) is 0 Å². The van der Waals surface area contributed by atoms with Crippen LogP contribution in [0.5, 0.6) is 5.75 Å². The van der Waals surface area contributed by atoms with Crippen molar-refractivity contribution in [1.82, 2.24) is 14.7 Å². The molecule has 1 aliphatic heterocycles. The number of carbonyl (C=O) groups is 1. The molecule has 33 heavy (non-hydrogen) atoms. The number of thioether (sulfide) groups is 1. The van der Waals surface area contributed by atoms with Gasteiger partial charge >= 0.3 is 0 Å². The van der Waals surface area contributed by atoms with Crippen molar-refractivity contribution in [3.63, 3.8) is 0 Å². The smallest absolute Gasteiger partial charge is 0.266 e. The Bertz CT molecular complexity index is 1220. The summed E-state index contributed by atoms with van der Waals surface area (Å²) in [6, 6.07) is 15.5. The van der Waals surface area contributed by atoms with E-state index in [0.717, 1.165) is 28.9 Å². The lowest BCUT2D eigenvalue weighted by Gasteiger charge is -2.18. The van der Waals surface area contributed by atoms with Crippen molar-refractivity contribution in [2.24, 2.45) is 0 Å². The van der Waals surface area contributed by atoms with E-state index in [1.807, 2.05) is 81.6 Å². The quantitative estimate of drug-likeness (QED) is 0.272. The second kappa shape index (κ2) is 10.1. The second-order valence-electron chi connectivity index (χ2n) is 7.85. The Labute approximate surface area is 208 Å². The Morgan fingerprint density at radius 3 is 2.61 bits per heavy atom. The monoisotopic (exact) mass is 497 g/mol. The maximum Gasteiger partial charge on any atom is 0.266 e. The summed E-state index contributed by atoms with van der Waals surface area (Å²) in [5, 5.41) is 5.35. The summed E-state index contributed by atoms with van der Waals surface area (Å²) in [6.07, 6.45) is 4.68. The third-order valence-electron chi connectivity index (χ3n) is 5.06. The third-order valence-corrected chi connectivity index (χ3v) is 6.68. The molecule has 170 valence electrons. The van der Waals surface area contributed by atoms with Gasteiger partial charge in [0, 0.05) is 23.4 Å². The van der Waals surface area contributed by atoms with Crippen molar-refractivity contribution in [3.05, 3.63) is 70.2 Å². The van der Waals surface area contributed by atoms with Gasteiger partial charge in [0.2, 0.25) is 0 Å². The lowest BCUT2D eigenvalue weighted by molar-refractivity contribution is -0.123. The fourth-order valence-electron chi connectivity index (χ4n) is 3.47.